The number of amides is 3. The largest absolute Gasteiger partial charge is 0.378 e. The molecule has 112 valence electrons. The Morgan fingerprint density at radius 2 is 1.86 bits per heavy atom. The Hall–Kier alpha value is -2.08. The van der Waals surface area contributed by atoms with E-state index in [0.29, 0.717) is 39.4 Å². The van der Waals surface area contributed by atoms with Gasteiger partial charge in [0.25, 0.3) is 0 Å². The number of morpholine rings is 1. The Balaban J connectivity index is 1.83. The van der Waals surface area contributed by atoms with Gasteiger partial charge in [-0.1, -0.05) is 30.3 Å². The number of hydrogen-bond acceptors (Lipinski definition) is 3. The smallest absolute Gasteiger partial charge is 0.321 e. The van der Waals surface area contributed by atoms with Crippen molar-refractivity contribution in [2.75, 3.05) is 39.4 Å². The molecule has 1 atom stereocenters. The van der Waals surface area contributed by atoms with Crippen LogP contribution in [0.4, 0.5) is 4.79 Å². The number of hydrogen-bond donors (Lipinski definition) is 1. The summed E-state index contributed by atoms with van der Waals surface area (Å²) in [7, 11) is 0. The lowest BCUT2D eigenvalue weighted by molar-refractivity contribution is -0.128. The van der Waals surface area contributed by atoms with Crippen molar-refractivity contribution in [1.82, 2.24) is 15.1 Å². The molecule has 0 aromatic heterocycles. The van der Waals surface area contributed by atoms with Crippen LogP contribution in [-0.4, -0.2) is 61.1 Å². The van der Waals surface area contributed by atoms with Crippen molar-refractivity contribution in [3.63, 3.8) is 0 Å². The van der Waals surface area contributed by atoms with Crippen LogP contribution in [-0.2, 0) is 9.53 Å². The van der Waals surface area contributed by atoms with Gasteiger partial charge in [0.1, 0.15) is 6.04 Å². The molecule has 21 heavy (non-hydrogen) atoms. The van der Waals surface area contributed by atoms with Crippen LogP contribution in [0.25, 0.3) is 0 Å². The van der Waals surface area contributed by atoms with Crippen molar-refractivity contribution in [2.24, 2.45) is 0 Å². The highest BCUT2D eigenvalue weighted by atomic mass is 16.5. The first-order valence-corrected chi connectivity index (χ1v) is 7.23. The second kappa shape index (κ2) is 6.13. The molecule has 1 aromatic carbocycles. The van der Waals surface area contributed by atoms with Crippen molar-refractivity contribution in [3.8, 4) is 0 Å². The summed E-state index contributed by atoms with van der Waals surface area (Å²) in [6, 6.07) is 8.81. The summed E-state index contributed by atoms with van der Waals surface area (Å²) in [5.74, 6) is -0.117. The predicted octanol–water partition coefficient (Wildman–Crippen LogP) is 0.612. The minimum atomic E-state index is -0.546. The van der Waals surface area contributed by atoms with Crippen LogP contribution in [0, 0.1) is 0 Å². The third kappa shape index (κ3) is 2.85. The van der Waals surface area contributed by atoms with E-state index in [-0.39, 0.29) is 11.9 Å². The zero-order valence-electron chi connectivity index (χ0n) is 11.8. The van der Waals surface area contributed by atoms with Gasteiger partial charge < -0.3 is 19.9 Å². The third-order valence-corrected chi connectivity index (χ3v) is 3.85. The van der Waals surface area contributed by atoms with Crippen LogP contribution in [0.2, 0.25) is 0 Å². The fraction of sp³-hybridized carbons (Fsp3) is 0.467. The molecule has 2 saturated heterocycles. The highest BCUT2D eigenvalue weighted by molar-refractivity contribution is 5.89. The van der Waals surface area contributed by atoms with Gasteiger partial charge in [0.05, 0.1) is 13.2 Å². The molecule has 2 aliphatic heterocycles. The molecule has 2 aliphatic rings. The molecule has 0 radical (unpaired) electrons. The number of ether oxygens (including phenoxy) is 1. The summed E-state index contributed by atoms with van der Waals surface area (Å²) >= 11 is 0. The van der Waals surface area contributed by atoms with Crippen molar-refractivity contribution in [3.05, 3.63) is 35.9 Å². The quantitative estimate of drug-likeness (QED) is 0.824. The maximum atomic E-state index is 12.7. The van der Waals surface area contributed by atoms with Crippen LogP contribution in [0.5, 0.6) is 0 Å². The van der Waals surface area contributed by atoms with E-state index >= 15 is 0 Å². The maximum absolute atomic E-state index is 12.7. The van der Waals surface area contributed by atoms with E-state index in [1.165, 1.54) is 0 Å². The Labute approximate surface area is 123 Å². The second-order valence-corrected chi connectivity index (χ2v) is 5.18. The fourth-order valence-electron chi connectivity index (χ4n) is 2.78. The second-order valence-electron chi connectivity index (χ2n) is 5.18. The Kier molecular flexibility index (Phi) is 4.06. The summed E-state index contributed by atoms with van der Waals surface area (Å²) in [5.41, 5.74) is 0.844. The van der Waals surface area contributed by atoms with E-state index in [2.05, 4.69) is 5.32 Å². The van der Waals surface area contributed by atoms with Crippen LogP contribution in [0.3, 0.4) is 0 Å². The Morgan fingerprint density at radius 3 is 2.57 bits per heavy atom. The molecule has 2 fully saturated rings. The van der Waals surface area contributed by atoms with E-state index in [1.54, 1.807) is 9.80 Å². The van der Waals surface area contributed by atoms with Crippen LogP contribution in [0.1, 0.15) is 11.6 Å². The van der Waals surface area contributed by atoms with Gasteiger partial charge in [-0.15, -0.1) is 0 Å². The topological polar surface area (TPSA) is 61.9 Å². The number of carbonyl (C=O) groups excluding carboxylic acids is 2. The van der Waals surface area contributed by atoms with Gasteiger partial charge in [-0.05, 0) is 5.56 Å². The summed E-state index contributed by atoms with van der Waals surface area (Å²) in [5, 5.41) is 2.84. The SMILES string of the molecule is O=C1NCCN(C(=O)N2CCOCC2)C1c1ccccc1. The number of rotatable bonds is 1. The predicted molar refractivity (Wildman–Crippen MR) is 76.7 cm³/mol. The summed E-state index contributed by atoms with van der Waals surface area (Å²) in [6.45, 7) is 3.31. The zero-order chi connectivity index (χ0) is 14.7. The van der Waals surface area contributed by atoms with E-state index in [9.17, 15) is 9.59 Å². The monoisotopic (exact) mass is 289 g/mol. The van der Waals surface area contributed by atoms with Gasteiger partial charge in [-0.25, -0.2) is 4.79 Å². The van der Waals surface area contributed by atoms with Gasteiger partial charge in [-0.2, -0.15) is 0 Å². The molecule has 1 unspecified atom stereocenters. The van der Waals surface area contributed by atoms with Gasteiger partial charge in [0.2, 0.25) is 5.91 Å². The summed E-state index contributed by atoms with van der Waals surface area (Å²) < 4.78 is 5.28. The molecule has 0 aliphatic carbocycles. The molecule has 0 saturated carbocycles. The maximum Gasteiger partial charge on any atom is 0.321 e. The van der Waals surface area contributed by atoms with Gasteiger partial charge >= 0.3 is 6.03 Å². The average Bonchev–Trinajstić information content (AvgIpc) is 2.55. The highest BCUT2D eigenvalue weighted by Crippen LogP contribution is 2.24. The van der Waals surface area contributed by atoms with Crippen molar-refractivity contribution in [1.29, 1.82) is 0 Å². The third-order valence-electron chi connectivity index (χ3n) is 3.85. The van der Waals surface area contributed by atoms with Crippen LogP contribution in [0.15, 0.2) is 30.3 Å². The minimum Gasteiger partial charge on any atom is -0.378 e. The minimum absolute atomic E-state index is 0.0815. The normalized spacial score (nSPS) is 22.9. The van der Waals surface area contributed by atoms with Crippen LogP contribution < -0.4 is 5.32 Å². The first kappa shape index (κ1) is 13.9. The summed E-state index contributed by atoms with van der Waals surface area (Å²) in [4.78, 5) is 28.4. The number of piperazine rings is 1. The van der Waals surface area contributed by atoms with Crippen molar-refractivity contribution < 1.29 is 14.3 Å². The zero-order valence-corrected chi connectivity index (χ0v) is 11.8. The lowest BCUT2D eigenvalue weighted by Gasteiger charge is -2.39. The van der Waals surface area contributed by atoms with E-state index < -0.39 is 6.04 Å². The molecule has 3 rings (SSSR count). The van der Waals surface area contributed by atoms with Gasteiger partial charge in [0, 0.05) is 26.2 Å². The first-order chi connectivity index (χ1) is 10.3. The Bertz CT molecular complexity index is 514. The summed E-state index contributed by atoms with van der Waals surface area (Å²) in [6.07, 6.45) is 0. The van der Waals surface area contributed by atoms with Crippen molar-refractivity contribution in [2.45, 2.75) is 6.04 Å². The average molecular weight is 289 g/mol. The molecule has 2 heterocycles. The molecular weight excluding hydrogens is 270 g/mol. The van der Waals surface area contributed by atoms with Gasteiger partial charge in [-0.3, -0.25) is 4.79 Å². The molecule has 0 spiro atoms. The lowest BCUT2D eigenvalue weighted by Crippen LogP contribution is -2.57. The molecule has 6 heteroatoms. The molecule has 0 bridgehead atoms. The molecule has 3 amide bonds. The van der Waals surface area contributed by atoms with E-state index in [4.69, 9.17) is 4.74 Å². The molecule has 1 aromatic rings. The molecule has 6 nitrogen and oxygen atoms in total. The molecule has 1 N–H and O–H groups in total. The number of carbonyl (C=O) groups is 2. The number of nitrogens with one attached hydrogen (secondary N) is 1. The Morgan fingerprint density at radius 1 is 1.14 bits per heavy atom. The standard InChI is InChI=1S/C15H19N3O3/c19-14-13(12-4-2-1-3-5-12)18(7-6-16-14)15(20)17-8-10-21-11-9-17/h1-5,13H,6-11H2,(H,16,19). The number of benzene rings is 1. The first-order valence-electron chi connectivity index (χ1n) is 7.23. The number of nitrogens with zero attached hydrogens (tertiary/aromatic N) is 2. The molecular formula is C15H19N3O3. The van der Waals surface area contributed by atoms with Gasteiger partial charge in [0.15, 0.2) is 0 Å². The fourth-order valence-corrected chi connectivity index (χ4v) is 2.78. The number of urea groups is 1. The van der Waals surface area contributed by atoms with E-state index in [0.717, 1.165) is 5.56 Å². The van der Waals surface area contributed by atoms with Crippen molar-refractivity contribution >= 4 is 11.9 Å². The van der Waals surface area contributed by atoms with Crippen LogP contribution >= 0.6 is 0 Å². The van der Waals surface area contributed by atoms with E-state index in [1.807, 2.05) is 30.3 Å². The lowest BCUT2D eigenvalue weighted by atomic mass is 10.0. The highest BCUT2D eigenvalue weighted by Gasteiger charge is 2.36.